The number of hydrogen-bond donors (Lipinski definition) is 2. The summed E-state index contributed by atoms with van der Waals surface area (Å²) in [5.74, 6) is -0.269. The SMILES string of the molecule is CC(=O)Nc1cccc([C@@H](C)N2CCn3nc4c(c3C2O)CN(C(=O)c2ccc(Cl)c(Cl)c2)[C@H](C)C4)c1. The number of hydrogen-bond acceptors (Lipinski definition) is 5. The molecule has 2 amide bonds. The molecular formula is C27H29Cl2N5O3. The lowest BCUT2D eigenvalue weighted by atomic mass is 9.96. The van der Waals surface area contributed by atoms with Gasteiger partial charge in [-0.15, -0.1) is 0 Å². The molecule has 8 nitrogen and oxygen atoms in total. The molecule has 2 aliphatic heterocycles. The number of amides is 2. The highest BCUT2D eigenvalue weighted by Gasteiger charge is 2.38. The number of anilines is 1. The monoisotopic (exact) mass is 541 g/mol. The third-order valence-corrected chi connectivity index (χ3v) is 8.01. The third-order valence-electron chi connectivity index (χ3n) is 7.27. The number of nitrogens with one attached hydrogen (secondary N) is 1. The molecule has 1 aromatic heterocycles. The fourth-order valence-corrected chi connectivity index (χ4v) is 5.61. The van der Waals surface area contributed by atoms with Crippen molar-refractivity contribution in [3.63, 3.8) is 0 Å². The quantitative estimate of drug-likeness (QED) is 0.494. The van der Waals surface area contributed by atoms with Crippen LogP contribution in [0.4, 0.5) is 5.69 Å². The number of aromatic nitrogens is 2. The predicted molar refractivity (Wildman–Crippen MR) is 143 cm³/mol. The lowest BCUT2D eigenvalue weighted by Crippen LogP contribution is -2.44. The van der Waals surface area contributed by atoms with Crippen LogP contribution in [0, 0.1) is 0 Å². The fourth-order valence-electron chi connectivity index (χ4n) is 5.31. The van der Waals surface area contributed by atoms with Gasteiger partial charge in [-0.3, -0.25) is 19.2 Å². The predicted octanol–water partition coefficient (Wildman–Crippen LogP) is 4.80. The van der Waals surface area contributed by atoms with Gasteiger partial charge in [0.2, 0.25) is 5.91 Å². The van der Waals surface area contributed by atoms with E-state index < -0.39 is 6.23 Å². The minimum Gasteiger partial charge on any atom is -0.372 e. The number of benzene rings is 2. The van der Waals surface area contributed by atoms with Crippen LogP contribution in [0.5, 0.6) is 0 Å². The van der Waals surface area contributed by atoms with Crippen molar-refractivity contribution in [2.45, 2.75) is 58.6 Å². The topological polar surface area (TPSA) is 90.7 Å². The minimum atomic E-state index is -0.889. The first kappa shape index (κ1) is 25.7. The Labute approximate surface area is 225 Å². The van der Waals surface area contributed by atoms with Gasteiger partial charge in [0.1, 0.15) is 0 Å². The van der Waals surface area contributed by atoms with Gasteiger partial charge in [0.25, 0.3) is 5.91 Å². The largest absolute Gasteiger partial charge is 0.372 e. The average Bonchev–Trinajstić information content (AvgIpc) is 3.22. The van der Waals surface area contributed by atoms with E-state index in [0.29, 0.717) is 41.7 Å². The van der Waals surface area contributed by atoms with Crippen molar-refractivity contribution in [1.29, 1.82) is 0 Å². The zero-order chi connectivity index (χ0) is 26.4. The van der Waals surface area contributed by atoms with Crippen LogP contribution in [0.25, 0.3) is 0 Å². The van der Waals surface area contributed by atoms with Gasteiger partial charge in [0.05, 0.1) is 34.5 Å². The molecule has 194 valence electrons. The van der Waals surface area contributed by atoms with Gasteiger partial charge in [-0.25, -0.2) is 0 Å². The Morgan fingerprint density at radius 3 is 2.65 bits per heavy atom. The second kappa shape index (κ2) is 10.1. The number of aliphatic hydroxyl groups excluding tert-OH is 1. The summed E-state index contributed by atoms with van der Waals surface area (Å²) in [7, 11) is 0. The molecule has 5 rings (SSSR count). The molecule has 1 unspecified atom stereocenters. The van der Waals surface area contributed by atoms with Crippen LogP contribution in [0.1, 0.15) is 65.9 Å². The van der Waals surface area contributed by atoms with E-state index in [-0.39, 0.29) is 23.9 Å². The fraction of sp³-hybridized carbons (Fsp3) is 0.370. The molecule has 3 atom stereocenters. The normalized spacial score (nSPS) is 20.2. The summed E-state index contributed by atoms with van der Waals surface area (Å²) < 4.78 is 1.88. The molecule has 0 fully saturated rings. The van der Waals surface area contributed by atoms with E-state index in [0.717, 1.165) is 28.2 Å². The van der Waals surface area contributed by atoms with Crippen molar-refractivity contribution < 1.29 is 14.7 Å². The highest BCUT2D eigenvalue weighted by Crippen LogP contribution is 2.38. The van der Waals surface area contributed by atoms with E-state index >= 15 is 0 Å². The number of aliphatic hydroxyl groups is 1. The standard InChI is InChI=1S/C27H29Cl2N5O3/c1-15-11-24-21(14-33(15)26(36)19-7-8-22(28)23(29)13-19)25-27(37)32(9-10-34(25)31-24)16(2)18-5-4-6-20(12-18)30-17(3)35/h4-8,12-13,15-16,27,37H,9-11,14H2,1-3H3,(H,30,35)/t15-,16-,27?/m1/s1. The maximum Gasteiger partial charge on any atom is 0.254 e. The molecule has 10 heteroatoms. The van der Waals surface area contributed by atoms with Crippen LogP contribution in [0.2, 0.25) is 10.0 Å². The Balaban J connectivity index is 1.42. The van der Waals surface area contributed by atoms with Crippen molar-refractivity contribution in [2.75, 3.05) is 11.9 Å². The molecule has 0 radical (unpaired) electrons. The molecule has 3 aromatic rings. The summed E-state index contributed by atoms with van der Waals surface area (Å²) in [4.78, 5) is 28.7. The van der Waals surface area contributed by atoms with E-state index in [1.54, 1.807) is 23.1 Å². The van der Waals surface area contributed by atoms with Gasteiger partial charge in [0, 0.05) is 48.8 Å². The first-order valence-electron chi connectivity index (χ1n) is 12.3. The minimum absolute atomic E-state index is 0.0601. The van der Waals surface area contributed by atoms with Gasteiger partial charge in [-0.1, -0.05) is 35.3 Å². The maximum absolute atomic E-state index is 13.4. The Kier molecular flexibility index (Phi) is 7.02. The van der Waals surface area contributed by atoms with Crippen LogP contribution in [-0.4, -0.2) is 49.1 Å². The summed E-state index contributed by atoms with van der Waals surface area (Å²) in [6, 6.07) is 12.4. The van der Waals surface area contributed by atoms with Gasteiger partial charge >= 0.3 is 0 Å². The number of carbonyl (C=O) groups is 2. The van der Waals surface area contributed by atoms with Crippen LogP contribution in [0.3, 0.4) is 0 Å². The zero-order valence-electron chi connectivity index (χ0n) is 20.9. The second-order valence-electron chi connectivity index (χ2n) is 9.74. The molecule has 0 bridgehead atoms. The van der Waals surface area contributed by atoms with Crippen LogP contribution in [0.15, 0.2) is 42.5 Å². The summed E-state index contributed by atoms with van der Waals surface area (Å²) in [6.07, 6.45) is -0.288. The summed E-state index contributed by atoms with van der Waals surface area (Å²) in [5, 5.41) is 19.9. The van der Waals surface area contributed by atoms with Gasteiger partial charge in [0.15, 0.2) is 6.23 Å². The van der Waals surface area contributed by atoms with Crippen LogP contribution in [-0.2, 0) is 24.3 Å². The number of rotatable bonds is 4. The Hall–Kier alpha value is -2.91. The molecule has 2 N–H and O–H groups in total. The average molecular weight is 542 g/mol. The maximum atomic E-state index is 13.4. The van der Waals surface area contributed by atoms with E-state index in [4.69, 9.17) is 28.3 Å². The summed E-state index contributed by atoms with van der Waals surface area (Å²) >= 11 is 12.2. The van der Waals surface area contributed by atoms with Gasteiger partial charge in [-0.2, -0.15) is 5.10 Å². The number of carbonyl (C=O) groups excluding carboxylic acids is 2. The highest BCUT2D eigenvalue weighted by atomic mass is 35.5. The second-order valence-corrected chi connectivity index (χ2v) is 10.6. The van der Waals surface area contributed by atoms with Crippen molar-refractivity contribution in [2.24, 2.45) is 0 Å². The molecule has 37 heavy (non-hydrogen) atoms. The molecule has 3 heterocycles. The van der Waals surface area contributed by atoms with E-state index in [1.165, 1.54) is 6.92 Å². The number of halogens is 2. The molecule has 0 saturated heterocycles. The van der Waals surface area contributed by atoms with Crippen molar-refractivity contribution in [3.8, 4) is 0 Å². The van der Waals surface area contributed by atoms with E-state index in [2.05, 4.69) is 5.32 Å². The van der Waals surface area contributed by atoms with E-state index in [1.807, 2.05) is 47.7 Å². The number of nitrogens with zero attached hydrogens (tertiary/aromatic N) is 4. The molecule has 0 aliphatic carbocycles. The summed E-state index contributed by atoms with van der Waals surface area (Å²) in [5.41, 5.74) is 4.71. The first-order valence-corrected chi connectivity index (χ1v) is 13.1. The Morgan fingerprint density at radius 2 is 1.92 bits per heavy atom. The Morgan fingerprint density at radius 1 is 1.14 bits per heavy atom. The lowest BCUT2D eigenvalue weighted by Gasteiger charge is -2.39. The van der Waals surface area contributed by atoms with Gasteiger partial charge < -0.3 is 15.3 Å². The van der Waals surface area contributed by atoms with Crippen LogP contribution >= 0.6 is 23.2 Å². The molecular weight excluding hydrogens is 513 g/mol. The smallest absolute Gasteiger partial charge is 0.254 e. The van der Waals surface area contributed by atoms with Crippen molar-refractivity contribution in [3.05, 3.63) is 80.6 Å². The lowest BCUT2D eigenvalue weighted by molar-refractivity contribution is -0.114. The molecule has 2 aromatic carbocycles. The number of fused-ring (bicyclic) bond motifs is 3. The summed E-state index contributed by atoms with van der Waals surface area (Å²) in [6.45, 7) is 7.11. The molecule has 0 saturated carbocycles. The van der Waals surface area contributed by atoms with E-state index in [9.17, 15) is 14.7 Å². The third kappa shape index (κ3) is 4.86. The van der Waals surface area contributed by atoms with Gasteiger partial charge in [-0.05, 0) is 49.7 Å². The highest BCUT2D eigenvalue weighted by molar-refractivity contribution is 6.42. The molecule has 2 aliphatic rings. The van der Waals surface area contributed by atoms with Crippen LogP contribution < -0.4 is 5.32 Å². The first-order chi connectivity index (χ1) is 17.6. The Bertz CT molecular complexity index is 1370. The van der Waals surface area contributed by atoms with Crippen molar-refractivity contribution in [1.82, 2.24) is 19.6 Å². The molecule has 0 spiro atoms. The zero-order valence-corrected chi connectivity index (χ0v) is 22.4. The van der Waals surface area contributed by atoms with Crippen molar-refractivity contribution >= 4 is 40.7 Å².